The fourth-order valence-electron chi connectivity index (χ4n) is 0.894. The van der Waals surface area contributed by atoms with Crippen molar-refractivity contribution < 1.29 is 0 Å². The smallest absolute Gasteiger partial charge is 0.124 e. The van der Waals surface area contributed by atoms with Crippen molar-refractivity contribution in [2.24, 2.45) is 5.73 Å². The second kappa shape index (κ2) is 2.78. The van der Waals surface area contributed by atoms with Crippen molar-refractivity contribution in [1.82, 2.24) is 4.57 Å². The van der Waals surface area contributed by atoms with Crippen molar-refractivity contribution in [2.75, 3.05) is 0 Å². The van der Waals surface area contributed by atoms with Crippen molar-refractivity contribution in [1.29, 1.82) is 5.41 Å². The molecular formula is C8H13N3. The highest BCUT2D eigenvalue weighted by Crippen LogP contribution is 2.07. The van der Waals surface area contributed by atoms with Gasteiger partial charge in [0.05, 0.1) is 0 Å². The molecule has 0 radical (unpaired) electrons. The van der Waals surface area contributed by atoms with Crippen LogP contribution >= 0.6 is 0 Å². The fraction of sp³-hybridized carbons (Fsp3) is 0.375. The number of hydrogen-bond donors (Lipinski definition) is 2. The van der Waals surface area contributed by atoms with Gasteiger partial charge in [-0.15, -0.1) is 0 Å². The third kappa shape index (κ3) is 1.61. The Bertz CT molecular complexity index is 260. The summed E-state index contributed by atoms with van der Waals surface area (Å²) in [6, 6.07) is 2.28. The van der Waals surface area contributed by atoms with E-state index < -0.39 is 0 Å². The summed E-state index contributed by atoms with van der Waals surface area (Å²) in [5, 5.41) is 7.15. The van der Waals surface area contributed by atoms with Gasteiger partial charge in [0.15, 0.2) is 0 Å². The van der Waals surface area contributed by atoms with Gasteiger partial charge in [-0.1, -0.05) is 0 Å². The van der Waals surface area contributed by atoms with Gasteiger partial charge in [0.25, 0.3) is 0 Å². The molecule has 1 aromatic heterocycles. The summed E-state index contributed by atoms with van der Waals surface area (Å²) >= 11 is 0. The summed E-state index contributed by atoms with van der Waals surface area (Å²) in [5.41, 5.74) is 6.09. The van der Waals surface area contributed by atoms with E-state index in [0.717, 1.165) is 5.56 Å². The molecule has 0 aromatic carbocycles. The Hall–Kier alpha value is -1.25. The van der Waals surface area contributed by atoms with Gasteiger partial charge in [-0.2, -0.15) is 0 Å². The molecule has 0 fully saturated rings. The van der Waals surface area contributed by atoms with Crippen LogP contribution < -0.4 is 5.73 Å². The lowest BCUT2D eigenvalue weighted by Gasteiger charge is -2.04. The van der Waals surface area contributed by atoms with Gasteiger partial charge in [0.1, 0.15) is 5.84 Å². The molecule has 0 amide bonds. The van der Waals surface area contributed by atoms with Gasteiger partial charge in [0.2, 0.25) is 0 Å². The first-order valence-electron chi connectivity index (χ1n) is 3.63. The second-order valence-corrected chi connectivity index (χ2v) is 2.85. The highest BCUT2D eigenvalue weighted by Gasteiger charge is 2.00. The second-order valence-electron chi connectivity index (χ2n) is 2.85. The van der Waals surface area contributed by atoms with Gasteiger partial charge in [-0.05, 0) is 19.9 Å². The van der Waals surface area contributed by atoms with Crippen molar-refractivity contribution in [3.8, 4) is 0 Å². The molecule has 0 aliphatic carbocycles. The summed E-state index contributed by atoms with van der Waals surface area (Å²) in [6.07, 6.45) is 3.81. The van der Waals surface area contributed by atoms with Crippen LogP contribution in [0.25, 0.3) is 0 Å². The summed E-state index contributed by atoms with van der Waals surface area (Å²) in [4.78, 5) is 0. The quantitative estimate of drug-likeness (QED) is 0.486. The molecule has 0 spiro atoms. The highest BCUT2D eigenvalue weighted by atomic mass is 15.0. The number of nitrogen functional groups attached to an aromatic ring is 1. The van der Waals surface area contributed by atoms with Crippen LogP contribution in [0, 0.1) is 5.41 Å². The van der Waals surface area contributed by atoms with Crippen molar-refractivity contribution in [3.05, 3.63) is 24.0 Å². The molecule has 3 nitrogen and oxygen atoms in total. The molecule has 3 heteroatoms. The zero-order valence-corrected chi connectivity index (χ0v) is 6.83. The van der Waals surface area contributed by atoms with E-state index in [9.17, 15) is 0 Å². The maximum absolute atomic E-state index is 7.15. The first-order valence-corrected chi connectivity index (χ1v) is 3.63. The van der Waals surface area contributed by atoms with Crippen molar-refractivity contribution >= 4 is 5.84 Å². The number of nitrogens with one attached hydrogen (secondary N) is 1. The molecule has 0 saturated heterocycles. The maximum atomic E-state index is 7.15. The van der Waals surface area contributed by atoms with Gasteiger partial charge in [-0.3, -0.25) is 5.41 Å². The Morgan fingerprint density at radius 2 is 2.27 bits per heavy atom. The Morgan fingerprint density at radius 3 is 2.55 bits per heavy atom. The zero-order valence-electron chi connectivity index (χ0n) is 6.83. The topological polar surface area (TPSA) is 54.8 Å². The Kier molecular flexibility index (Phi) is 1.98. The van der Waals surface area contributed by atoms with E-state index in [1.54, 1.807) is 0 Å². The first-order chi connectivity index (χ1) is 5.11. The van der Waals surface area contributed by atoms with Gasteiger partial charge < -0.3 is 10.3 Å². The van der Waals surface area contributed by atoms with E-state index >= 15 is 0 Å². The van der Waals surface area contributed by atoms with Crippen LogP contribution in [0.15, 0.2) is 18.5 Å². The molecule has 0 bridgehead atoms. The minimum atomic E-state index is 0.129. The van der Waals surface area contributed by atoms with Crippen LogP contribution in [0.1, 0.15) is 25.5 Å². The molecule has 0 atom stereocenters. The first kappa shape index (κ1) is 7.85. The van der Waals surface area contributed by atoms with Crippen molar-refractivity contribution in [3.63, 3.8) is 0 Å². The summed E-state index contributed by atoms with van der Waals surface area (Å²) < 4.78 is 2.02. The average Bonchev–Trinajstić information content (AvgIpc) is 2.33. The maximum Gasteiger partial charge on any atom is 0.124 e. The number of amidine groups is 1. The molecule has 1 aromatic rings. The van der Waals surface area contributed by atoms with E-state index in [0.29, 0.717) is 6.04 Å². The van der Waals surface area contributed by atoms with E-state index in [4.69, 9.17) is 11.1 Å². The van der Waals surface area contributed by atoms with Crippen molar-refractivity contribution in [2.45, 2.75) is 19.9 Å². The molecule has 0 saturated carbocycles. The molecule has 1 rings (SSSR count). The van der Waals surface area contributed by atoms with Crippen LogP contribution in [0.4, 0.5) is 0 Å². The molecule has 0 aliphatic rings. The minimum absolute atomic E-state index is 0.129. The number of hydrogen-bond acceptors (Lipinski definition) is 1. The van der Waals surface area contributed by atoms with E-state index in [1.165, 1.54) is 0 Å². The van der Waals surface area contributed by atoms with Gasteiger partial charge in [-0.25, -0.2) is 0 Å². The van der Waals surface area contributed by atoms with Gasteiger partial charge >= 0.3 is 0 Å². The molecule has 0 aliphatic heterocycles. The van der Waals surface area contributed by atoms with Crippen LogP contribution in [0.2, 0.25) is 0 Å². The van der Waals surface area contributed by atoms with Gasteiger partial charge in [0, 0.05) is 24.0 Å². The number of nitrogens with zero attached hydrogens (tertiary/aromatic N) is 1. The average molecular weight is 151 g/mol. The predicted molar refractivity (Wildman–Crippen MR) is 45.8 cm³/mol. The third-order valence-electron chi connectivity index (χ3n) is 1.62. The number of nitrogens with two attached hydrogens (primary N) is 1. The molecule has 60 valence electrons. The zero-order chi connectivity index (χ0) is 8.43. The highest BCUT2D eigenvalue weighted by molar-refractivity contribution is 5.94. The SMILES string of the molecule is CC(C)n1ccc(C(=N)N)c1. The molecule has 3 N–H and O–H groups in total. The third-order valence-corrected chi connectivity index (χ3v) is 1.62. The molecule has 1 heterocycles. The van der Waals surface area contributed by atoms with Crippen LogP contribution in [-0.2, 0) is 0 Å². The lowest BCUT2D eigenvalue weighted by molar-refractivity contribution is 0.603. The standard InChI is InChI=1S/C8H13N3/c1-6(2)11-4-3-7(5-11)8(9)10/h3-6H,1-2H3,(H3,9,10). The van der Waals surface area contributed by atoms with Crippen LogP contribution in [-0.4, -0.2) is 10.4 Å². The normalized spacial score (nSPS) is 10.5. The lowest BCUT2D eigenvalue weighted by atomic mass is 10.3. The predicted octanol–water partition coefficient (Wildman–Crippen LogP) is 1.35. The summed E-state index contributed by atoms with van der Waals surface area (Å²) in [6.45, 7) is 4.17. The molecule has 0 unspecified atom stereocenters. The molecule has 11 heavy (non-hydrogen) atoms. The summed E-state index contributed by atoms with van der Waals surface area (Å²) in [5.74, 6) is 0.129. The Morgan fingerprint density at radius 1 is 1.64 bits per heavy atom. The minimum Gasteiger partial charge on any atom is -0.384 e. The van der Waals surface area contributed by atoms with E-state index in [2.05, 4.69) is 13.8 Å². The summed E-state index contributed by atoms with van der Waals surface area (Å²) in [7, 11) is 0. The largest absolute Gasteiger partial charge is 0.384 e. The monoisotopic (exact) mass is 151 g/mol. The van der Waals surface area contributed by atoms with E-state index in [1.807, 2.05) is 23.0 Å². The fourth-order valence-corrected chi connectivity index (χ4v) is 0.894. The number of aromatic nitrogens is 1. The lowest BCUT2D eigenvalue weighted by Crippen LogP contribution is -2.09. The van der Waals surface area contributed by atoms with Crippen LogP contribution in [0.3, 0.4) is 0 Å². The Balaban J connectivity index is 2.90. The number of rotatable bonds is 2. The molecular weight excluding hydrogens is 138 g/mol. The van der Waals surface area contributed by atoms with E-state index in [-0.39, 0.29) is 5.84 Å². The Labute approximate surface area is 66.3 Å². The van der Waals surface area contributed by atoms with Crippen LogP contribution in [0.5, 0.6) is 0 Å².